The van der Waals surface area contributed by atoms with Gasteiger partial charge in [-0.05, 0) is 60.5 Å². The molecule has 1 N–H and O–H groups in total. The molecule has 2 aromatic carbocycles. The monoisotopic (exact) mass is 432 g/mol. The Bertz CT molecular complexity index is 1290. The first-order chi connectivity index (χ1) is 15.5. The molecule has 3 aromatic rings. The number of ether oxygens (including phenoxy) is 2. The summed E-state index contributed by atoms with van der Waals surface area (Å²) in [7, 11) is 0. The Hall–Kier alpha value is -4.20. The molecule has 1 atom stereocenters. The number of pyridine rings is 1. The number of nitrogens with zero attached hydrogens (tertiary/aromatic N) is 2. The fourth-order valence-corrected chi connectivity index (χ4v) is 3.94. The number of hydrogen-bond acceptors (Lipinski definition) is 6. The molecule has 1 fully saturated rings. The van der Waals surface area contributed by atoms with Gasteiger partial charge in [0.05, 0.1) is 11.6 Å². The lowest BCUT2D eigenvalue weighted by Gasteiger charge is -2.25. The van der Waals surface area contributed by atoms with E-state index in [0.717, 1.165) is 0 Å². The number of halogens is 1. The van der Waals surface area contributed by atoms with Crippen molar-refractivity contribution in [3.63, 3.8) is 0 Å². The van der Waals surface area contributed by atoms with Crippen LogP contribution in [0, 0.1) is 12.7 Å². The van der Waals surface area contributed by atoms with E-state index < -0.39 is 23.5 Å². The minimum Gasteiger partial charge on any atom is -0.507 e. The molecule has 1 aromatic heterocycles. The molecule has 0 spiro atoms. The number of hydrogen-bond donors (Lipinski definition) is 1. The second kappa shape index (κ2) is 7.49. The SMILES string of the molecule is Cc1cc(/C(O)=C2\C(=O)C(=O)N(c3ccc4c(c3)OCO4)C2c2ccncc2)ccc1F. The third-order valence-corrected chi connectivity index (χ3v) is 5.53. The highest BCUT2D eigenvalue weighted by atomic mass is 19.1. The lowest BCUT2D eigenvalue weighted by Crippen LogP contribution is -2.29. The van der Waals surface area contributed by atoms with E-state index in [1.54, 1.807) is 37.3 Å². The fourth-order valence-electron chi connectivity index (χ4n) is 3.94. The number of aryl methyl sites for hydroxylation is 1. The number of rotatable bonds is 3. The molecule has 0 radical (unpaired) electrons. The van der Waals surface area contributed by atoms with Crippen LogP contribution in [0.1, 0.15) is 22.7 Å². The topological polar surface area (TPSA) is 89.0 Å². The molecule has 3 heterocycles. The average Bonchev–Trinajstić information content (AvgIpc) is 3.38. The van der Waals surface area contributed by atoms with Gasteiger partial charge in [0.1, 0.15) is 11.6 Å². The highest BCUT2D eigenvalue weighted by molar-refractivity contribution is 6.51. The van der Waals surface area contributed by atoms with Crippen molar-refractivity contribution in [1.29, 1.82) is 0 Å². The van der Waals surface area contributed by atoms with Crippen LogP contribution in [-0.4, -0.2) is 28.6 Å². The quantitative estimate of drug-likeness (QED) is 0.384. The number of anilines is 1. The number of aliphatic hydroxyl groups excluding tert-OH is 1. The van der Waals surface area contributed by atoms with E-state index in [4.69, 9.17) is 9.47 Å². The van der Waals surface area contributed by atoms with E-state index >= 15 is 0 Å². The number of benzene rings is 2. The first-order valence-corrected chi connectivity index (χ1v) is 9.83. The summed E-state index contributed by atoms with van der Waals surface area (Å²) in [6.07, 6.45) is 3.08. The standard InChI is InChI=1S/C24H17FN2O5/c1-13-10-15(2-4-17(13)25)22(28)20-21(14-6-8-26-9-7-14)27(24(30)23(20)29)16-3-5-18-19(11-16)32-12-31-18/h2-11,21,28H,12H2,1H3/b22-20+. The average molecular weight is 432 g/mol. The van der Waals surface area contributed by atoms with Crippen LogP contribution in [0.25, 0.3) is 5.76 Å². The van der Waals surface area contributed by atoms with Crippen molar-refractivity contribution >= 4 is 23.1 Å². The van der Waals surface area contributed by atoms with Crippen LogP contribution in [-0.2, 0) is 9.59 Å². The highest BCUT2D eigenvalue weighted by Gasteiger charge is 2.47. The van der Waals surface area contributed by atoms with Gasteiger partial charge in [-0.25, -0.2) is 4.39 Å². The minimum absolute atomic E-state index is 0.0648. The van der Waals surface area contributed by atoms with E-state index in [1.165, 1.54) is 35.5 Å². The van der Waals surface area contributed by atoms with Crippen molar-refractivity contribution < 1.29 is 28.6 Å². The summed E-state index contributed by atoms with van der Waals surface area (Å²) in [5.74, 6) is -1.47. The van der Waals surface area contributed by atoms with Crippen LogP contribution in [0.3, 0.4) is 0 Å². The van der Waals surface area contributed by atoms with Crippen LogP contribution >= 0.6 is 0 Å². The Labute approximate surface area is 182 Å². The largest absolute Gasteiger partial charge is 0.507 e. The van der Waals surface area contributed by atoms with Crippen molar-refractivity contribution in [3.05, 3.63) is 89.0 Å². The molecule has 7 nitrogen and oxygen atoms in total. The van der Waals surface area contributed by atoms with Gasteiger partial charge in [-0.15, -0.1) is 0 Å². The van der Waals surface area contributed by atoms with Crippen molar-refractivity contribution in [2.75, 3.05) is 11.7 Å². The number of ketones is 1. The Kier molecular flexibility index (Phi) is 4.62. The predicted molar refractivity (Wildman–Crippen MR) is 113 cm³/mol. The Morgan fingerprint density at radius 3 is 2.56 bits per heavy atom. The molecule has 1 saturated heterocycles. The fraction of sp³-hybridized carbons (Fsp3) is 0.125. The molecule has 2 aliphatic heterocycles. The van der Waals surface area contributed by atoms with Gasteiger partial charge in [-0.3, -0.25) is 19.5 Å². The number of aromatic nitrogens is 1. The van der Waals surface area contributed by atoms with Gasteiger partial charge in [0, 0.05) is 29.7 Å². The maximum atomic E-state index is 13.8. The molecule has 1 unspecified atom stereocenters. The number of amides is 1. The third kappa shape index (κ3) is 3.08. The number of Topliss-reactive ketones (excluding diaryl/α,β-unsaturated/α-hetero) is 1. The lowest BCUT2D eigenvalue weighted by atomic mass is 9.95. The molecule has 8 heteroatoms. The summed E-state index contributed by atoms with van der Waals surface area (Å²) >= 11 is 0. The lowest BCUT2D eigenvalue weighted by molar-refractivity contribution is -0.132. The van der Waals surface area contributed by atoms with Gasteiger partial charge in [-0.1, -0.05) is 0 Å². The van der Waals surface area contributed by atoms with E-state index in [2.05, 4.69) is 4.98 Å². The van der Waals surface area contributed by atoms with E-state index in [-0.39, 0.29) is 23.7 Å². The molecule has 2 aliphatic rings. The minimum atomic E-state index is -0.913. The summed E-state index contributed by atoms with van der Waals surface area (Å²) in [5.41, 5.74) is 1.45. The zero-order valence-corrected chi connectivity index (χ0v) is 16.9. The van der Waals surface area contributed by atoms with Crippen molar-refractivity contribution in [2.45, 2.75) is 13.0 Å². The van der Waals surface area contributed by atoms with Crippen LogP contribution < -0.4 is 14.4 Å². The van der Waals surface area contributed by atoms with Crippen molar-refractivity contribution in [3.8, 4) is 11.5 Å². The predicted octanol–water partition coefficient (Wildman–Crippen LogP) is 3.88. The zero-order valence-electron chi connectivity index (χ0n) is 16.9. The molecule has 5 rings (SSSR count). The smallest absolute Gasteiger partial charge is 0.300 e. The highest BCUT2D eigenvalue weighted by Crippen LogP contribution is 2.44. The normalized spacial score (nSPS) is 18.9. The summed E-state index contributed by atoms with van der Waals surface area (Å²) < 4.78 is 24.5. The van der Waals surface area contributed by atoms with Crippen LogP contribution in [0.15, 0.2) is 66.5 Å². The number of fused-ring (bicyclic) bond motifs is 1. The van der Waals surface area contributed by atoms with E-state index in [9.17, 15) is 19.1 Å². The molecule has 0 bridgehead atoms. The van der Waals surface area contributed by atoms with Crippen LogP contribution in [0.5, 0.6) is 11.5 Å². The van der Waals surface area contributed by atoms with Gasteiger partial charge in [0.2, 0.25) is 6.79 Å². The van der Waals surface area contributed by atoms with Crippen molar-refractivity contribution in [2.24, 2.45) is 0 Å². The van der Waals surface area contributed by atoms with Crippen molar-refractivity contribution in [1.82, 2.24) is 4.98 Å². The maximum absolute atomic E-state index is 13.8. The summed E-state index contributed by atoms with van der Waals surface area (Å²) in [6, 6.07) is 11.3. The number of carbonyl (C=O) groups excluding carboxylic acids is 2. The number of aliphatic hydroxyl groups is 1. The summed E-state index contributed by atoms with van der Waals surface area (Å²) in [6.45, 7) is 1.62. The van der Waals surface area contributed by atoms with E-state index in [0.29, 0.717) is 28.3 Å². The Balaban J connectivity index is 1.70. The Morgan fingerprint density at radius 1 is 1.06 bits per heavy atom. The molecular formula is C24H17FN2O5. The molecule has 1 amide bonds. The van der Waals surface area contributed by atoms with Crippen LogP contribution in [0.2, 0.25) is 0 Å². The first-order valence-electron chi connectivity index (χ1n) is 9.83. The Morgan fingerprint density at radius 2 is 1.81 bits per heavy atom. The molecule has 0 aliphatic carbocycles. The molecular weight excluding hydrogens is 415 g/mol. The maximum Gasteiger partial charge on any atom is 0.300 e. The van der Waals surface area contributed by atoms with Gasteiger partial charge in [0.15, 0.2) is 11.5 Å². The second-order valence-corrected chi connectivity index (χ2v) is 7.45. The van der Waals surface area contributed by atoms with Gasteiger partial charge < -0.3 is 14.6 Å². The third-order valence-electron chi connectivity index (χ3n) is 5.53. The number of carbonyl (C=O) groups is 2. The molecule has 32 heavy (non-hydrogen) atoms. The first kappa shape index (κ1) is 19.7. The zero-order chi connectivity index (χ0) is 22.4. The van der Waals surface area contributed by atoms with E-state index in [1.807, 2.05) is 0 Å². The van der Waals surface area contributed by atoms with Gasteiger partial charge >= 0.3 is 0 Å². The summed E-state index contributed by atoms with van der Waals surface area (Å²) in [4.78, 5) is 31.6. The van der Waals surface area contributed by atoms with Crippen LogP contribution in [0.4, 0.5) is 10.1 Å². The van der Waals surface area contributed by atoms with Gasteiger partial charge in [-0.2, -0.15) is 0 Å². The second-order valence-electron chi connectivity index (χ2n) is 7.45. The molecule has 0 saturated carbocycles. The van der Waals surface area contributed by atoms with Gasteiger partial charge in [0.25, 0.3) is 11.7 Å². The summed E-state index contributed by atoms with van der Waals surface area (Å²) in [5, 5.41) is 11.1. The molecule has 160 valence electrons.